The largest absolute Gasteiger partial charge is 0.448 e. The van der Waals surface area contributed by atoms with Crippen molar-refractivity contribution in [2.75, 3.05) is 36.5 Å². The predicted octanol–water partition coefficient (Wildman–Crippen LogP) is 4.03. The standard InChI is InChI=1S/C22H28N2O4S/c1-4-5-17-14-20(29-16(17)3)22(26)28-15(2)21(25)23-18-6-8-19(9-7-18)24-10-12-27-13-11-24/h6-9,14-15H,4-5,10-13H2,1-3H3,(H,23,25). The van der Waals surface area contributed by atoms with Gasteiger partial charge in [0.2, 0.25) is 0 Å². The zero-order valence-corrected chi connectivity index (χ0v) is 18.0. The molecule has 0 saturated carbocycles. The van der Waals surface area contributed by atoms with Crippen LogP contribution in [0.4, 0.5) is 11.4 Å². The van der Waals surface area contributed by atoms with E-state index in [9.17, 15) is 9.59 Å². The molecule has 0 bridgehead atoms. The number of hydrogen-bond donors (Lipinski definition) is 1. The second kappa shape index (κ2) is 9.89. The van der Waals surface area contributed by atoms with Crippen molar-refractivity contribution in [1.29, 1.82) is 0 Å². The Labute approximate surface area is 175 Å². The number of esters is 1. The van der Waals surface area contributed by atoms with E-state index in [0.717, 1.165) is 49.7 Å². The first-order valence-corrected chi connectivity index (χ1v) is 10.8. The van der Waals surface area contributed by atoms with Gasteiger partial charge in [-0.3, -0.25) is 4.79 Å². The topological polar surface area (TPSA) is 67.9 Å². The zero-order valence-electron chi connectivity index (χ0n) is 17.2. The molecule has 1 saturated heterocycles. The van der Waals surface area contributed by atoms with Gasteiger partial charge in [-0.15, -0.1) is 11.3 Å². The van der Waals surface area contributed by atoms with Gasteiger partial charge in [-0.25, -0.2) is 4.79 Å². The fourth-order valence-corrected chi connectivity index (χ4v) is 4.19. The molecule has 7 heteroatoms. The van der Waals surface area contributed by atoms with Gasteiger partial charge in [-0.05, 0) is 56.2 Å². The van der Waals surface area contributed by atoms with Crippen molar-refractivity contribution in [2.45, 2.75) is 39.7 Å². The van der Waals surface area contributed by atoms with Crippen LogP contribution in [-0.4, -0.2) is 44.3 Å². The van der Waals surface area contributed by atoms with E-state index < -0.39 is 12.1 Å². The van der Waals surface area contributed by atoms with Gasteiger partial charge >= 0.3 is 5.97 Å². The molecule has 6 nitrogen and oxygen atoms in total. The molecule has 29 heavy (non-hydrogen) atoms. The van der Waals surface area contributed by atoms with E-state index in [-0.39, 0.29) is 5.91 Å². The van der Waals surface area contributed by atoms with E-state index in [2.05, 4.69) is 17.1 Å². The number of carbonyl (C=O) groups excluding carboxylic acids is 2. The van der Waals surface area contributed by atoms with Crippen LogP contribution in [0.3, 0.4) is 0 Å². The molecule has 1 amide bonds. The summed E-state index contributed by atoms with van der Waals surface area (Å²) in [5.41, 5.74) is 2.94. The summed E-state index contributed by atoms with van der Waals surface area (Å²) in [6.07, 6.45) is 1.08. The molecule has 0 aliphatic carbocycles. The van der Waals surface area contributed by atoms with Crippen LogP contribution in [0, 0.1) is 6.92 Å². The van der Waals surface area contributed by atoms with Crippen molar-refractivity contribution >= 4 is 34.6 Å². The second-order valence-corrected chi connectivity index (χ2v) is 8.38. The van der Waals surface area contributed by atoms with Crippen LogP contribution in [0.5, 0.6) is 0 Å². The molecule has 0 spiro atoms. The quantitative estimate of drug-likeness (QED) is 0.690. The highest BCUT2D eigenvalue weighted by atomic mass is 32.1. The normalized spacial score (nSPS) is 15.1. The third kappa shape index (κ3) is 5.58. The predicted molar refractivity (Wildman–Crippen MR) is 116 cm³/mol. The number of morpholine rings is 1. The number of rotatable bonds is 7. The van der Waals surface area contributed by atoms with E-state index in [4.69, 9.17) is 9.47 Å². The number of thiophene rings is 1. The number of anilines is 2. The Bertz CT molecular complexity index is 841. The number of benzene rings is 1. The lowest BCUT2D eigenvalue weighted by Gasteiger charge is -2.28. The number of hydrogen-bond acceptors (Lipinski definition) is 6. The minimum absolute atomic E-state index is 0.348. The summed E-state index contributed by atoms with van der Waals surface area (Å²) in [6, 6.07) is 9.54. The lowest BCUT2D eigenvalue weighted by molar-refractivity contribution is -0.123. The fourth-order valence-electron chi connectivity index (χ4n) is 3.23. The molecule has 1 fully saturated rings. The Balaban J connectivity index is 1.54. The number of amides is 1. The van der Waals surface area contributed by atoms with Gasteiger partial charge in [0.25, 0.3) is 5.91 Å². The molecule has 1 aromatic carbocycles. The summed E-state index contributed by atoms with van der Waals surface area (Å²) < 4.78 is 10.7. The Morgan fingerprint density at radius 3 is 2.59 bits per heavy atom. The van der Waals surface area contributed by atoms with Gasteiger partial charge in [0, 0.05) is 29.3 Å². The number of ether oxygens (including phenoxy) is 2. The summed E-state index contributed by atoms with van der Waals surface area (Å²) in [7, 11) is 0. The number of aryl methyl sites for hydroxylation is 2. The van der Waals surface area contributed by atoms with Crippen molar-refractivity contribution in [1.82, 2.24) is 0 Å². The highest BCUT2D eigenvalue weighted by molar-refractivity contribution is 7.14. The molecule has 0 radical (unpaired) electrons. The van der Waals surface area contributed by atoms with Crippen molar-refractivity contribution < 1.29 is 19.1 Å². The molecule has 3 rings (SSSR count). The molecule has 2 aromatic rings. The van der Waals surface area contributed by atoms with Gasteiger partial charge < -0.3 is 19.7 Å². The van der Waals surface area contributed by atoms with Crippen molar-refractivity contribution in [3.05, 3.63) is 45.6 Å². The van der Waals surface area contributed by atoms with Crippen LogP contribution in [0.15, 0.2) is 30.3 Å². The summed E-state index contributed by atoms with van der Waals surface area (Å²) >= 11 is 1.42. The third-order valence-corrected chi connectivity index (χ3v) is 5.98. The maximum atomic E-state index is 12.4. The number of nitrogens with one attached hydrogen (secondary N) is 1. The van der Waals surface area contributed by atoms with Crippen LogP contribution >= 0.6 is 11.3 Å². The van der Waals surface area contributed by atoms with E-state index in [0.29, 0.717) is 10.6 Å². The summed E-state index contributed by atoms with van der Waals surface area (Å²) in [5, 5.41) is 2.81. The lowest BCUT2D eigenvalue weighted by Crippen LogP contribution is -2.36. The van der Waals surface area contributed by atoms with Gasteiger partial charge in [-0.2, -0.15) is 0 Å². The van der Waals surface area contributed by atoms with Crippen molar-refractivity contribution in [3.8, 4) is 0 Å². The van der Waals surface area contributed by atoms with E-state index in [1.165, 1.54) is 16.9 Å². The first-order valence-electron chi connectivity index (χ1n) is 10.0. The summed E-state index contributed by atoms with van der Waals surface area (Å²) in [6.45, 7) is 8.87. The van der Waals surface area contributed by atoms with Crippen molar-refractivity contribution in [2.24, 2.45) is 0 Å². The molecular weight excluding hydrogens is 388 g/mol. The molecule has 2 heterocycles. The van der Waals surface area contributed by atoms with Crippen molar-refractivity contribution in [3.63, 3.8) is 0 Å². The van der Waals surface area contributed by atoms with E-state index in [1.54, 1.807) is 6.92 Å². The SMILES string of the molecule is CCCc1cc(C(=O)OC(C)C(=O)Nc2ccc(N3CCOCC3)cc2)sc1C. The van der Waals surface area contributed by atoms with Crippen LogP contribution < -0.4 is 10.2 Å². The first-order chi connectivity index (χ1) is 14.0. The van der Waals surface area contributed by atoms with Crippen LogP contribution in [0.2, 0.25) is 0 Å². The number of nitrogens with zero attached hydrogens (tertiary/aromatic N) is 1. The van der Waals surface area contributed by atoms with Crippen LogP contribution in [0.25, 0.3) is 0 Å². The molecule has 1 unspecified atom stereocenters. The maximum absolute atomic E-state index is 12.4. The Morgan fingerprint density at radius 2 is 1.93 bits per heavy atom. The third-order valence-electron chi connectivity index (χ3n) is 4.91. The fraction of sp³-hybridized carbons (Fsp3) is 0.455. The van der Waals surface area contributed by atoms with Gasteiger partial charge in [-0.1, -0.05) is 13.3 Å². The highest BCUT2D eigenvalue weighted by Gasteiger charge is 2.21. The minimum atomic E-state index is -0.876. The van der Waals surface area contributed by atoms with Gasteiger partial charge in [0.15, 0.2) is 6.10 Å². The molecule has 1 aliphatic heterocycles. The number of carbonyl (C=O) groups is 2. The van der Waals surface area contributed by atoms with E-state index in [1.807, 2.05) is 37.3 Å². The second-order valence-electron chi connectivity index (χ2n) is 7.13. The first kappa shape index (κ1) is 21.3. The van der Waals surface area contributed by atoms with Crippen LogP contribution in [0.1, 0.15) is 40.4 Å². The molecule has 1 aromatic heterocycles. The monoisotopic (exact) mass is 416 g/mol. The highest BCUT2D eigenvalue weighted by Crippen LogP contribution is 2.24. The lowest BCUT2D eigenvalue weighted by atomic mass is 10.1. The van der Waals surface area contributed by atoms with Gasteiger partial charge in [0.05, 0.1) is 13.2 Å². The summed E-state index contributed by atoms with van der Waals surface area (Å²) in [4.78, 5) is 28.7. The maximum Gasteiger partial charge on any atom is 0.349 e. The average Bonchev–Trinajstić information content (AvgIpc) is 3.10. The van der Waals surface area contributed by atoms with E-state index >= 15 is 0 Å². The van der Waals surface area contributed by atoms with Gasteiger partial charge in [0.1, 0.15) is 4.88 Å². The Hall–Kier alpha value is -2.38. The molecule has 156 valence electrons. The Kier molecular flexibility index (Phi) is 7.28. The molecule has 1 N–H and O–H groups in total. The van der Waals surface area contributed by atoms with Crippen LogP contribution in [-0.2, 0) is 20.7 Å². The molecule has 1 atom stereocenters. The summed E-state index contributed by atoms with van der Waals surface area (Å²) in [5.74, 6) is -0.801. The smallest absolute Gasteiger partial charge is 0.349 e. The molecular formula is C22H28N2O4S. The zero-order chi connectivity index (χ0) is 20.8. The molecule has 1 aliphatic rings. The minimum Gasteiger partial charge on any atom is -0.448 e. The Morgan fingerprint density at radius 1 is 1.24 bits per heavy atom. The average molecular weight is 417 g/mol.